The van der Waals surface area contributed by atoms with E-state index in [1.54, 1.807) is 12.1 Å². The highest BCUT2D eigenvalue weighted by molar-refractivity contribution is 5.92. The Morgan fingerprint density at radius 1 is 1.25 bits per heavy atom. The van der Waals surface area contributed by atoms with Crippen LogP contribution in [0, 0.1) is 12.7 Å². The van der Waals surface area contributed by atoms with Crippen LogP contribution in [0.4, 0.5) is 4.39 Å². The second kappa shape index (κ2) is 4.45. The van der Waals surface area contributed by atoms with E-state index in [2.05, 4.69) is 4.98 Å². The van der Waals surface area contributed by atoms with E-state index in [0.29, 0.717) is 16.7 Å². The zero-order valence-corrected chi connectivity index (χ0v) is 10.6. The zero-order chi connectivity index (χ0) is 14.3. The lowest BCUT2D eigenvalue weighted by Gasteiger charge is -2.00. The van der Waals surface area contributed by atoms with Crippen molar-refractivity contribution in [3.8, 4) is 11.5 Å². The van der Waals surface area contributed by atoms with Gasteiger partial charge >= 0.3 is 5.97 Å². The summed E-state index contributed by atoms with van der Waals surface area (Å²) >= 11 is 0. The molecule has 100 valence electrons. The van der Waals surface area contributed by atoms with Crippen molar-refractivity contribution < 1.29 is 18.7 Å². The molecule has 1 N–H and O–H groups in total. The Morgan fingerprint density at radius 2 is 2.05 bits per heavy atom. The van der Waals surface area contributed by atoms with E-state index in [0.717, 1.165) is 5.56 Å². The molecule has 3 aromatic rings. The number of nitrogens with zero attached hydrogens (tertiary/aromatic N) is 1. The third kappa shape index (κ3) is 2.03. The highest BCUT2D eigenvalue weighted by Crippen LogP contribution is 2.27. The monoisotopic (exact) mass is 271 g/mol. The first-order valence-corrected chi connectivity index (χ1v) is 5.95. The Bertz CT molecular complexity index is 823. The van der Waals surface area contributed by atoms with Crippen LogP contribution in [0.5, 0.6) is 0 Å². The number of fused-ring (bicyclic) bond motifs is 1. The summed E-state index contributed by atoms with van der Waals surface area (Å²) in [5.74, 6) is -1.13. The third-order valence-corrected chi connectivity index (χ3v) is 3.07. The summed E-state index contributed by atoms with van der Waals surface area (Å²) in [7, 11) is 0. The molecular weight excluding hydrogens is 261 g/mol. The van der Waals surface area contributed by atoms with Crippen LogP contribution in [0.15, 0.2) is 40.8 Å². The summed E-state index contributed by atoms with van der Waals surface area (Å²) in [5.41, 5.74) is 2.41. The van der Waals surface area contributed by atoms with Gasteiger partial charge in [-0.1, -0.05) is 6.07 Å². The molecule has 0 aliphatic heterocycles. The first-order chi connectivity index (χ1) is 9.54. The first-order valence-electron chi connectivity index (χ1n) is 5.95. The van der Waals surface area contributed by atoms with Crippen molar-refractivity contribution in [3.05, 3.63) is 53.3 Å². The largest absolute Gasteiger partial charge is 0.478 e. The smallest absolute Gasteiger partial charge is 0.335 e. The van der Waals surface area contributed by atoms with Gasteiger partial charge in [0.05, 0.1) is 5.56 Å². The number of carbonyl (C=O) groups is 1. The van der Waals surface area contributed by atoms with Gasteiger partial charge in [0.2, 0.25) is 5.89 Å². The second-order valence-electron chi connectivity index (χ2n) is 4.47. The average Bonchev–Trinajstić information content (AvgIpc) is 2.83. The minimum absolute atomic E-state index is 0.121. The molecule has 0 spiro atoms. The van der Waals surface area contributed by atoms with Crippen molar-refractivity contribution in [3.63, 3.8) is 0 Å². The molecule has 2 aromatic carbocycles. The van der Waals surface area contributed by atoms with Crippen LogP contribution in [0.25, 0.3) is 22.6 Å². The number of carboxylic acid groups (broad SMARTS) is 1. The maximum absolute atomic E-state index is 13.3. The Labute approximate surface area is 113 Å². The molecule has 1 heterocycles. The summed E-state index contributed by atoms with van der Waals surface area (Å²) in [6.45, 7) is 1.83. The van der Waals surface area contributed by atoms with E-state index in [9.17, 15) is 9.18 Å². The number of carboxylic acids is 1. The van der Waals surface area contributed by atoms with Gasteiger partial charge < -0.3 is 9.52 Å². The number of aryl methyl sites for hydroxylation is 1. The maximum atomic E-state index is 13.3. The molecule has 0 radical (unpaired) electrons. The minimum atomic E-state index is -1.04. The number of halogens is 1. The van der Waals surface area contributed by atoms with E-state index < -0.39 is 5.97 Å². The van der Waals surface area contributed by atoms with Crippen molar-refractivity contribution in [1.82, 2.24) is 4.98 Å². The van der Waals surface area contributed by atoms with Gasteiger partial charge in [0, 0.05) is 5.56 Å². The maximum Gasteiger partial charge on any atom is 0.335 e. The van der Waals surface area contributed by atoms with Crippen molar-refractivity contribution >= 4 is 17.1 Å². The molecule has 20 heavy (non-hydrogen) atoms. The van der Waals surface area contributed by atoms with E-state index in [1.165, 1.54) is 24.3 Å². The van der Waals surface area contributed by atoms with Gasteiger partial charge in [-0.25, -0.2) is 14.2 Å². The Balaban J connectivity index is 2.17. The molecule has 0 saturated heterocycles. The van der Waals surface area contributed by atoms with Crippen LogP contribution in [-0.2, 0) is 0 Å². The molecule has 0 unspecified atom stereocenters. The summed E-state index contributed by atoms with van der Waals surface area (Å²) in [6, 6.07) is 8.78. The van der Waals surface area contributed by atoms with Gasteiger partial charge in [-0.15, -0.1) is 0 Å². The molecule has 0 atom stereocenters. The van der Waals surface area contributed by atoms with E-state index >= 15 is 0 Å². The van der Waals surface area contributed by atoms with Crippen molar-refractivity contribution in [2.75, 3.05) is 0 Å². The van der Waals surface area contributed by atoms with E-state index in [-0.39, 0.29) is 17.3 Å². The summed E-state index contributed by atoms with van der Waals surface area (Å²) in [5, 5.41) is 8.94. The average molecular weight is 271 g/mol. The van der Waals surface area contributed by atoms with E-state index in [1.807, 2.05) is 6.92 Å². The predicted octanol–water partition coefficient (Wildman–Crippen LogP) is 3.64. The van der Waals surface area contributed by atoms with Gasteiger partial charge in [0.25, 0.3) is 0 Å². The van der Waals surface area contributed by atoms with Gasteiger partial charge in [-0.3, -0.25) is 0 Å². The van der Waals surface area contributed by atoms with Crippen LogP contribution in [0.2, 0.25) is 0 Å². The van der Waals surface area contributed by atoms with Crippen LogP contribution in [0.1, 0.15) is 15.9 Å². The van der Waals surface area contributed by atoms with Crippen molar-refractivity contribution in [1.29, 1.82) is 0 Å². The van der Waals surface area contributed by atoms with E-state index in [4.69, 9.17) is 9.52 Å². The zero-order valence-electron chi connectivity index (χ0n) is 10.6. The number of aromatic carboxylic acids is 1. The first kappa shape index (κ1) is 12.3. The van der Waals surface area contributed by atoms with Gasteiger partial charge in [-0.05, 0) is 42.8 Å². The predicted molar refractivity (Wildman–Crippen MR) is 71.1 cm³/mol. The molecule has 5 heteroatoms. The highest BCUT2D eigenvalue weighted by atomic mass is 19.1. The van der Waals surface area contributed by atoms with Crippen LogP contribution >= 0.6 is 0 Å². The highest BCUT2D eigenvalue weighted by Gasteiger charge is 2.13. The number of hydrogen-bond acceptors (Lipinski definition) is 3. The Hall–Kier alpha value is -2.69. The third-order valence-electron chi connectivity index (χ3n) is 3.07. The SMILES string of the molecule is Cc1ccc(F)cc1-c1nc2ccc(C(=O)O)cc2o1. The fraction of sp³-hybridized carbons (Fsp3) is 0.0667. The number of rotatable bonds is 2. The summed E-state index contributed by atoms with van der Waals surface area (Å²) < 4.78 is 18.9. The van der Waals surface area contributed by atoms with Gasteiger partial charge in [-0.2, -0.15) is 0 Å². The molecule has 4 nitrogen and oxygen atoms in total. The fourth-order valence-electron chi connectivity index (χ4n) is 2.00. The molecular formula is C15H10FNO3. The number of hydrogen-bond donors (Lipinski definition) is 1. The number of aromatic nitrogens is 1. The second-order valence-corrected chi connectivity index (χ2v) is 4.47. The quantitative estimate of drug-likeness (QED) is 0.772. The number of benzene rings is 2. The topological polar surface area (TPSA) is 63.3 Å². The molecule has 0 amide bonds. The van der Waals surface area contributed by atoms with Crippen LogP contribution < -0.4 is 0 Å². The Kier molecular flexibility index (Phi) is 2.75. The van der Waals surface area contributed by atoms with Crippen molar-refractivity contribution in [2.45, 2.75) is 6.92 Å². The normalized spacial score (nSPS) is 10.9. The van der Waals surface area contributed by atoms with Crippen molar-refractivity contribution in [2.24, 2.45) is 0 Å². The van der Waals surface area contributed by atoms with Crippen LogP contribution in [-0.4, -0.2) is 16.1 Å². The number of oxazole rings is 1. The Morgan fingerprint density at radius 3 is 2.80 bits per heavy atom. The minimum Gasteiger partial charge on any atom is -0.478 e. The molecule has 0 fully saturated rings. The lowest BCUT2D eigenvalue weighted by atomic mass is 10.1. The van der Waals surface area contributed by atoms with Crippen LogP contribution in [0.3, 0.4) is 0 Å². The molecule has 0 saturated carbocycles. The molecule has 0 aliphatic carbocycles. The fourth-order valence-corrected chi connectivity index (χ4v) is 2.00. The molecule has 0 aliphatic rings. The van der Waals surface area contributed by atoms with Gasteiger partial charge in [0.15, 0.2) is 5.58 Å². The lowest BCUT2D eigenvalue weighted by molar-refractivity contribution is 0.0697. The lowest BCUT2D eigenvalue weighted by Crippen LogP contribution is -1.94. The van der Waals surface area contributed by atoms with Gasteiger partial charge in [0.1, 0.15) is 11.3 Å². The standard InChI is InChI=1S/C15H10FNO3/c1-8-2-4-10(16)7-11(8)14-17-12-5-3-9(15(18)19)6-13(12)20-14/h2-7H,1H3,(H,18,19). The molecule has 3 rings (SSSR count). The summed E-state index contributed by atoms with van der Waals surface area (Å²) in [4.78, 5) is 15.2. The molecule has 0 bridgehead atoms. The summed E-state index contributed by atoms with van der Waals surface area (Å²) in [6.07, 6.45) is 0. The molecule has 1 aromatic heterocycles.